The van der Waals surface area contributed by atoms with Crippen molar-refractivity contribution in [2.24, 2.45) is 5.92 Å². The molecule has 0 fully saturated rings. The summed E-state index contributed by atoms with van der Waals surface area (Å²) >= 11 is 0. The van der Waals surface area contributed by atoms with Crippen molar-refractivity contribution in [3.8, 4) is 5.75 Å². The number of hydrogen-bond acceptors (Lipinski definition) is 4. The monoisotopic (exact) mass is 252 g/mol. The molecule has 0 aliphatic heterocycles. The van der Waals surface area contributed by atoms with E-state index in [4.69, 9.17) is 10.5 Å². The third kappa shape index (κ3) is 4.11. The first kappa shape index (κ1) is 14.6. The summed E-state index contributed by atoms with van der Waals surface area (Å²) in [6.07, 6.45) is 0.0845. The SMILES string of the molecule is CC(C)Oc1cc(N[C@H](CO)C(C)C)ccc1N. The third-order valence-corrected chi connectivity index (χ3v) is 2.73. The van der Waals surface area contributed by atoms with Crippen molar-refractivity contribution in [1.82, 2.24) is 0 Å². The highest BCUT2D eigenvalue weighted by molar-refractivity contribution is 5.61. The first-order chi connectivity index (χ1) is 8.43. The van der Waals surface area contributed by atoms with E-state index in [2.05, 4.69) is 19.2 Å². The standard InChI is InChI=1S/C14H24N2O2/c1-9(2)13(8-17)16-11-5-6-12(15)14(7-11)18-10(3)4/h5-7,9-10,13,16-17H,8,15H2,1-4H3/t13-/m1/s1. The largest absolute Gasteiger partial charge is 0.489 e. The first-order valence-electron chi connectivity index (χ1n) is 6.37. The summed E-state index contributed by atoms with van der Waals surface area (Å²) in [5.74, 6) is 1.03. The molecule has 0 aliphatic rings. The predicted molar refractivity (Wildman–Crippen MR) is 76.0 cm³/mol. The van der Waals surface area contributed by atoms with Gasteiger partial charge in [0.25, 0.3) is 0 Å². The summed E-state index contributed by atoms with van der Waals surface area (Å²) in [6, 6.07) is 5.61. The van der Waals surface area contributed by atoms with Crippen LogP contribution in [-0.4, -0.2) is 23.9 Å². The molecule has 4 nitrogen and oxygen atoms in total. The lowest BCUT2D eigenvalue weighted by Crippen LogP contribution is -2.29. The molecule has 18 heavy (non-hydrogen) atoms. The second-order valence-corrected chi connectivity index (χ2v) is 5.10. The molecule has 1 atom stereocenters. The Morgan fingerprint density at radius 3 is 2.44 bits per heavy atom. The van der Waals surface area contributed by atoms with Gasteiger partial charge in [-0.25, -0.2) is 0 Å². The molecule has 4 N–H and O–H groups in total. The van der Waals surface area contributed by atoms with Gasteiger partial charge >= 0.3 is 0 Å². The van der Waals surface area contributed by atoms with E-state index in [0.717, 1.165) is 5.69 Å². The van der Waals surface area contributed by atoms with Crippen LogP contribution in [0.4, 0.5) is 11.4 Å². The summed E-state index contributed by atoms with van der Waals surface area (Å²) < 4.78 is 5.63. The van der Waals surface area contributed by atoms with Crippen molar-refractivity contribution in [2.75, 3.05) is 17.7 Å². The van der Waals surface area contributed by atoms with Crippen molar-refractivity contribution in [1.29, 1.82) is 0 Å². The predicted octanol–water partition coefficient (Wildman–Crippen LogP) is 2.48. The first-order valence-corrected chi connectivity index (χ1v) is 6.37. The Labute approximate surface area is 109 Å². The Balaban J connectivity index is 2.84. The fourth-order valence-electron chi connectivity index (χ4n) is 1.62. The Morgan fingerprint density at radius 1 is 1.28 bits per heavy atom. The van der Waals surface area contributed by atoms with Gasteiger partial charge in [0.2, 0.25) is 0 Å². The molecule has 102 valence electrons. The van der Waals surface area contributed by atoms with E-state index in [1.165, 1.54) is 0 Å². The lowest BCUT2D eigenvalue weighted by molar-refractivity contribution is 0.243. The molecular formula is C14H24N2O2. The number of nitrogens with one attached hydrogen (secondary N) is 1. The molecular weight excluding hydrogens is 228 g/mol. The molecule has 0 radical (unpaired) electrons. The van der Waals surface area contributed by atoms with Crippen LogP contribution in [0, 0.1) is 5.92 Å². The van der Waals surface area contributed by atoms with Crippen LogP contribution in [0.2, 0.25) is 0 Å². The van der Waals surface area contributed by atoms with E-state index in [9.17, 15) is 5.11 Å². The molecule has 0 aromatic heterocycles. The average Bonchev–Trinajstić information content (AvgIpc) is 2.29. The van der Waals surface area contributed by atoms with Gasteiger partial charge in [0.15, 0.2) is 0 Å². The minimum atomic E-state index is 0.0283. The van der Waals surface area contributed by atoms with Crippen molar-refractivity contribution in [3.63, 3.8) is 0 Å². The Hall–Kier alpha value is -1.42. The summed E-state index contributed by atoms with van der Waals surface area (Å²) in [6.45, 7) is 8.16. The normalized spacial score (nSPS) is 12.8. The molecule has 0 saturated heterocycles. The summed E-state index contributed by atoms with van der Waals surface area (Å²) in [4.78, 5) is 0. The smallest absolute Gasteiger partial charge is 0.144 e. The zero-order valence-electron chi connectivity index (χ0n) is 11.6. The fraction of sp³-hybridized carbons (Fsp3) is 0.571. The summed E-state index contributed by atoms with van der Waals surface area (Å²) in [5.41, 5.74) is 7.39. The lowest BCUT2D eigenvalue weighted by Gasteiger charge is -2.22. The van der Waals surface area contributed by atoms with Gasteiger partial charge < -0.3 is 20.9 Å². The van der Waals surface area contributed by atoms with Crippen molar-refractivity contribution >= 4 is 11.4 Å². The number of hydrogen-bond donors (Lipinski definition) is 3. The van der Waals surface area contributed by atoms with E-state index in [0.29, 0.717) is 17.4 Å². The van der Waals surface area contributed by atoms with Crippen LogP contribution in [0.25, 0.3) is 0 Å². The molecule has 1 aromatic rings. The van der Waals surface area contributed by atoms with Crippen LogP contribution >= 0.6 is 0 Å². The van der Waals surface area contributed by atoms with Crippen LogP contribution in [0.3, 0.4) is 0 Å². The van der Waals surface area contributed by atoms with Crippen LogP contribution in [-0.2, 0) is 0 Å². The highest BCUT2D eigenvalue weighted by atomic mass is 16.5. The highest BCUT2D eigenvalue weighted by Gasteiger charge is 2.12. The number of aliphatic hydroxyl groups is 1. The maximum absolute atomic E-state index is 9.31. The van der Waals surface area contributed by atoms with Crippen LogP contribution in [0.15, 0.2) is 18.2 Å². The van der Waals surface area contributed by atoms with Gasteiger partial charge in [-0.1, -0.05) is 13.8 Å². The molecule has 0 spiro atoms. The summed E-state index contributed by atoms with van der Waals surface area (Å²) in [5, 5.41) is 12.6. The molecule has 4 heteroatoms. The van der Waals surface area contributed by atoms with Gasteiger partial charge in [0.1, 0.15) is 5.75 Å². The van der Waals surface area contributed by atoms with Crippen LogP contribution in [0.1, 0.15) is 27.7 Å². The molecule has 0 aliphatic carbocycles. The molecule has 1 aromatic carbocycles. The molecule has 0 unspecified atom stereocenters. The van der Waals surface area contributed by atoms with E-state index in [-0.39, 0.29) is 18.8 Å². The molecule has 0 amide bonds. The average molecular weight is 252 g/mol. The maximum atomic E-state index is 9.31. The third-order valence-electron chi connectivity index (χ3n) is 2.73. The van der Waals surface area contributed by atoms with E-state index in [1.54, 1.807) is 0 Å². The quantitative estimate of drug-likeness (QED) is 0.680. The topological polar surface area (TPSA) is 67.5 Å². The van der Waals surface area contributed by atoms with Gasteiger partial charge in [-0.15, -0.1) is 0 Å². The Bertz CT molecular complexity index is 378. The van der Waals surface area contributed by atoms with Gasteiger partial charge in [0.05, 0.1) is 24.4 Å². The van der Waals surface area contributed by atoms with Crippen molar-refractivity contribution in [3.05, 3.63) is 18.2 Å². The second kappa shape index (κ2) is 6.50. The lowest BCUT2D eigenvalue weighted by atomic mass is 10.1. The number of nitrogen functional groups attached to an aromatic ring is 1. The number of aliphatic hydroxyl groups excluding tert-OH is 1. The number of anilines is 2. The molecule has 0 heterocycles. The van der Waals surface area contributed by atoms with Gasteiger partial charge in [-0.2, -0.15) is 0 Å². The number of nitrogens with two attached hydrogens (primary N) is 1. The van der Waals surface area contributed by atoms with E-state index < -0.39 is 0 Å². The second-order valence-electron chi connectivity index (χ2n) is 5.10. The number of ether oxygens (including phenoxy) is 1. The van der Waals surface area contributed by atoms with Gasteiger partial charge in [-0.05, 0) is 31.9 Å². The summed E-state index contributed by atoms with van der Waals surface area (Å²) in [7, 11) is 0. The molecule has 0 bridgehead atoms. The highest BCUT2D eigenvalue weighted by Crippen LogP contribution is 2.27. The molecule has 0 saturated carbocycles. The maximum Gasteiger partial charge on any atom is 0.144 e. The fourth-order valence-corrected chi connectivity index (χ4v) is 1.62. The number of benzene rings is 1. The number of rotatable bonds is 6. The van der Waals surface area contributed by atoms with E-state index in [1.807, 2.05) is 32.0 Å². The Kier molecular flexibility index (Phi) is 5.28. The molecule has 1 rings (SSSR count). The minimum Gasteiger partial charge on any atom is -0.489 e. The van der Waals surface area contributed by atoms with Crippen molar-refractivity contribution in [2.45, 2.75) is 39.8 Å². The van der Waals surface area contributed by atoms with Crippen LogP contribution < -0.4 is 15.8 Å². The Morgan fingerprint density at radius 2 is 1.94 bits per heavy atom. The van der Waals surface area contributed by atoms with Gasteiger partial charge in [-0.3, -0.25) is 0 Å². The zero-order chi connectivity index (χ0) is 13.7. The van der Waals surface area contributed by atoms with Crippen LogP contribution in [0.5, 0.6) is 5.75 Å². The van der Waals surface area contributed by atoms with E-state index >= 15 is 0 Å². The zero-order valence-corrected chi connectivity index (χ0v) is 11.6. The minimum absolute atomic E-state index is 0.0283. The van der Waals surface area contributed by atoms with Gasteiger partial charge in [0, 0.05) is 11.8 Å². The van der Waals surface area contributed by atoms with Crippen molar-refractivity contribution < 1.29 is 9.84 Å².